The first-order valence-corrected chi connectivity index (χ1v) is 7.66. The number of hydrogen-bond acceptors (Lipinski definition) is 4. The van der Waals surface area contributed by atoms with E-state index < -0.39 is 23.7 Å². The van der Waals surface area contributed by atoms with Crippen molar-refractivity contribution in [1.82, 2.24) is 0 Å². The summed E-state index contributed by atoms with van der Waals surface area (Å²) in [5.41, 5.74) is 11.8. The van der Waals surface area contributed by atoms with E-state index >= 15 is 0 Å². The molecule has 126 valence electrons. The van der Waals surface area contributed by atoms with Crippen molar-refractivity contribution in [2.24, 2.45) is 23.3 Å². The van der Waals surface area contributed by atoms with E-state index in [2.05, 4.69) is 0 Å². The van der Waals surface area contributed by atoms with Crippen LogP contribution in [-0.4, -0.2) is 36.7 Å². The molecule has 24 heavy (non-hydrogen) atoms. The molecule has 0 aromatic heterocycles. The lowest BCUT2D eigenvalue weighted by Gasteiger charge is -2.20. The summed E-state index contributed by atoms with van der Waals surface area (Å²) in [7, 11) is 0. The molecule has 2 atom stereocenters. The zero-order chi connectivity index (χ0) is 17.4. The fourth-order valence-electron chi connectivity index (χ4n) is 3.11. The maximum absolute atomic E-state index is 12.0. The number of rotatable bonds is 4. The number of benzene rings is 1. The molecule has 4 amide bonds. The Bertz CT molecular complexity index is 654. The van der Waals surface area contributed by atoms with E-state index in [9.17, 15) is 19.2 Å². The molecule has 0 saturated carbocycles. The topological polar surface area (TPSA) is 127 Å². The van der Waals surface area contributed by atoms with Crippen molar-refractivity contribution in [2.45, 2.75) is 12.8 Å². The van der Waals surface area contributed by atoms with Crippen molar-refractivity contribution in [3.05, 3.63) is 24.3 Å². The van der Waals surface area contributed by atoms with Crippen molar-refractivity contribution >= 4 is 35.0 Å². The molecule has 2 heterocycles. The van der Waals surface area contributed by atoms with Crippen LogP contribution >= 0.6 is 0 Å². The number of hydrogen-bond donors (Lipinski definition) is 2. The van der Waals surface area contributed by atoms with Gasteiger partial charge < -0.3 is 21.3 Å². The number of nitrogens with zero attached hydrogens (tertiary/aromatic N) is 2. The van der Waals surface area contributed by atoms with Crippen LogP contribution in [0, 0.1) is 11.8 Å². The Labute approximate surface area is 138 Å². The molecular formula is C16H18N4O4. The molecule has 0 unspecified atom stereocenters. The SMILES string of the molecule is NC(=O)[C@@H]1CC(=O)N(c2ccc(N3C[C@@H](C(N)=O)CC3=O)cc2)C1. The van der Waals surface area contributed by atoms with Gasteiger partial charge in [0.15, 0.2) is 0 Å². The predicted molar refractivity (Wildman–Crippen MR) is 85.8 cm³/mol. The highest BCUT2D eigenvalue weighted by Crippen LogP contribution is 2.29. The molecule has 2 saturated heterocycles. The van der Waals surface area contributed by atoms with Crippen molar-refractivity contribution in [2.75, 3.05) is 22.9 Å². The summed E-state index contributed by atoms with van der Waals surface area (Å²) in [6.07, 6.45) is 0.226. The van der Waals surface area contributed by atoms with E-state index in [1.807, 2.05) is 0 Å². The first-order chi connectivity index (χ1) is 11.4. The van der Waals surface area contributed by atoms with E-state index in [0.717, 1.165) is 0 Å². The van der Waals surface area contributed by atoms with Crippen LogP contribution in [-0.2, 0) is 19.2 Å². The quantitative estimate of drug-likeness (QED) is 0.761. The summed E-state index contributed by atoms with van der Waals surface area (Å²) < 4.78 is 0. The van der Waals surface area contributed by atoms with Crippen LogP contribution < -0.4 is 21.3 Å². The van der Waals surface area contributed by atoms with Gasteiger partial charge in [0.25, 0.3) is 0 Å². The lowest BCUT2D eigenvalue weighted by atomic mass is 10.1. The molecule has 0 bridgehead atoms. The lowest BCUT2D eigenvalue weighted by Crippen LogP contribution is -2.29. The molecule has 1 aromatic carbocycles. The number of carbonyl (C=O) groups is 4. The second-order valence-electron chi connectivity index (χ2n) is 6.13. The average molecular weight is 330 g/mol. The zero-order valence-corrected chi connectivity index (χ0v) is 13.0. The van der Waals surface area contributed by atoms with Gasteiger partial charge in [-0.3, -0.25) is 19.2 Å². The third-order valence-corrected chi connectivity index (χ3v) is 4.53. The van der Waals surface area contributed by atoms with Gasteiger partial charge in [-0.15, -0.1) is 0 Å². The van der Waals surface area contributed by atoms with E-state index in [1.165, 1.54) is 9.80 Å². The molecule has 4 N–H and O–H groups in total. The van der Waals surface area contributed by atoms with Crippen LogP contribution in [0.3, 0.4) is 0 Å². The highest BCUT2D eigenvalue weighted by molar-refractivity contribution is 6.02. The van der Waals surface area contributed by atoms with Gasteiger partial charge in [0, 0.05) is 37.3 Å². The summed E-state index contributed by atoms with van der Waals surface area (Å²) >= 11 is 0. The van der Waals surface area contributed by atoms with Crippen LogP contribution in [0.2, 0.25) is 0 Å². The Kier molecular flexibility index (Phi) is 3.96. The van der Waals surface area contributed by atoms with E-state index in [4.69, 9.17) is 11.5 Å². The predicted octanol–water partition coefficient (Wildman–Crippen LogP) is -0.637. The van der Waals surface area contributed by atoms with Crippen LogP contribution in [0.1, 0.15) is 12.8 Å². The minimum atomic E-state index is -0.484. The standard InChI is InChI=1S/C16H18N4O4/c17-15(23)9-5-13(21)19(7-9)11-1-2-12(4-3-11)20-8-10(16(18)24)6-14(20)22/h1-4,9-10H,5-8H2,(H2,17,23)(H2,18,24)/t9-,10+. The summed E-state index contributed by atoms with van der Waals surface area (Å²) in [5, 5.41) is 0. The van der Waals surface area contributed by atoms with Gasteiger partial charge in [-0.2, -0.15) is 0 Å². The molecule has 2 fully saturated rings. The van der Waals surface area contributed by atoms with Gasteiger partial charge in [0.2, 0.25) is 23.6 Å². The average Bonchev–Trinajstić information content (AvgIpc) is 3.11. The third-order valence-electron chi connectivity index (χ3n) is 4.53. The molecule has 8 heteroatoms. The van der Waals surface area contributed by atoms with E-state index in [1.54, 1.807) is 24.3 Å². The minimum absolute atomic E-state index is 0.113. The number of amides is 4. The van der Waals surface area contributed by atoms with Gasteiger partial charge in [0.05, 0.1) is 11.8 Å². The van der Waals surface area contributed by atoms with Crippen LogP contribution in [0.15, 0.2) is 24.3 Å². The van der Waals surface area contributed by atoms with Gasteiger partial charge in [0.1, 0.15) is 0 Å². The third kappa shape index (κ3) is 2.82. The summed E-state index contributed by atoms with van der Waals surface area (Å²) in [6.45, 7) is 0.528. The fourth-order valence-corrected chi connectivity index (χ4v) is 3.11. The monoisotopic (exact) mass is 330 g/mol. The molecule has 2 aliphatic heterocycles. The number of anilines is 2. The maximum Gasteiger partial charge on any atom is 0.227 e. The molecule has 2 aliphatic rings. The molecule has 0 radical (unpaired) electrons. The van der Waals surface area contributed by atoms with Crippen LogP contribution in [0.25, 0.3) is 0 Å². The largest absolute Gasteiger partial charge is 0.369 e. The number of nitrogens with two attached hydrogens (primary N) is 2. The van der Waals surface area contributed by atoms with Crippen molar-refractivity contribution in [3.63, 3.8) is 0 Å². The molecule has 8 nitrogen and oxygen atoms in total. The van der Waals surface area contributed by atoms with Crippen molar-refractivity contribution < 1.29 is 19.2 Å². The Morgan fingerprint density at radius 2 is 1.12 bits per heavy atom. The lowest BCUT2D eigenvalue weighted by molar-refractivity contribution is -0.123. The highest BCUT2D eigenvalue weighted by Gasteiger charge is 2.35. The molecule has 3 rings (SSSR count). The smallest absolute Gasteiger partial charge is 0.227 e. The van der Waals surface area contributed by atoms with Gasteiger partial charge in [-0.25, -0.2) is 0 Å². The molecule has 1 aromatic rings. The Balaban J connectivity index is 1.75. The Hall–Kier alpha value is -2.90. The normalized spacial score (nSPS) is 23.8. The first-order valence-electron chi connectivity index (χ1n) is 7.66. The van der Waals surface area contributed by atoms with Gasteiger partial charge in [-0.1, -0.05) is 0 Å². The second kappa shape index (κ2) is 5.95. The summed E-state index contributed by atoms with van der Waals surface area (Å²) in [6, 6.07) is 6.84. The van der Waals surface area contributed by atoms with E-state index in [0.29, 0.717) is 11.4 Å². The van der Waals surface area contributed by atoms with Crippen LogP contribution in [0.5, 0.6) is 0 Å². The Morgan fingerprint density at radius 3 is 1.38 bits per heavy atom. The zero-order valence-electron chi connectivity index (χ0n) is 13.0. The Morgan fingerprint density at radius 1 is 0.792 bits per heavy atom. The number of carbonyl (C=O) groups excluding carboxylic acids is 4. The number of primary amides is 2. The summed E-state index contributed by atoms with van der Waals surface area (Å²) in [5.74, 6) is -2.23. The molecule has 0 spiro atoms. The highest BCUT2D eigenvalue weighted by atomic mass is 16.2. The summed E-state index contributed by atoms with van der Waals surface area (Å²) in [4.78, 5) is 49.5. The fraction of sp³-hybridized carbons (Fsp3) is 0.375. The first kappa shape index (κ1) is 16.0. The minimum Gasteiger partial charge on any atom is -0.369 e. The van der Waals surface area contributed by atoms with Gasteiger partial charge >= 0.3 is 0 Å². The van der Waals surface area contributed by atoms with Crippen LogP contribution in [0.4, 0.5) is 11.4 Å². The maximum atomic E-state index is 12.0. The van der Waals surface area contributed by atoms with Crippen molar-refractivity contribution in [3.8, 4) is 0 Å². The second-order valence-corrected chi connectivity index (χ2v) is 6.13. The van der Waals surface area contributed by atoms with Gasteiger partial charge in [-0.05, 0) is 24.3 Å². The van der Waals surface area contributed by atoms with E-state index in [-0.39, 0.29) is 37.7 Å². The molecular weight excluding hydrogens is 312 g/mol. The van der Waals surface area contributed by atoms with Crippen molar-refractivity contribution in [1.29, 1.82) is 0 Å². The molecule has 0 aliphatic carbocycles.